The number of nitrogens with zero attached hydrogens (tertiary/aromatic N) is 2. The van der Waals surface area contributed by atoms with Gasteiger partial charge in [0.2, 0.25) is 0 Å². The summed E-state index contributed by atoms with van der Waals surface area (Å²) in [7, 11) is -4.84. The topological polar surface area (TPSA) is 92.9 Å². The van der Waals surface area contributed by atoms with Gasteiger partial charge in [0.25, 0.3) is 0 Å². The molecule has 1 aromatic carbocycles. The van der Waals surface area contributed by atoms with Crippen LogP contribution in [0.25, 0.3) is 0 Å². The van der Waals surface area contributed by atoms with Crippen LogP contribution in [0.3, 0.4) is 0 Å². The van der Waals surface area contributed by atoms with Gasteiger partial charge in [0, 0.05) is 38.4 Å². The Hall–Kier alpha value is -1.87. The Morgan fingerprint density at radius 1 is 1.19 bits per heavy atom. The number of carbonyl (C=O) groups is 1. The van der Waals surface area contributed by atoms with Crippen LogP contribution in [0, 0.1) is 13.8 Å². The van der Waals surface area contributed by atoms with E-state index in [9.17, 15) is 17.1 Å². The molecule has 0 bridgehead atoms. The van der Waals surface area contributed by atoms with Gasteiger partial charge in [0.15, 0.2) is 0 Å². The molecule has 0 saturated carbocycles. The second-order valence-electron chi connectivity index (χ2n) is 7.88. The second-order valence-corrected chi connectivity index (χ2v) is 9.19. The highest BCUT2D eigenvalue weighted by atomic mass is 32.3. The molecular weight excluding hydrogens is 373 g/mol. The molecule has 152 valence electrons. The maximum Gasteiger partial charge on any atom is 0.410 e. The molecule has 0 aliphatic carbocycles. The smallest absolute Gasteiger partial charge is 0.410 e. The van der Waals surface area contributed by atoms with Crippen molar-refractivity contribution < 1.29 is 21.8 Å². The molecule has 9 heteroatoms. The summed E-state index contributed by atoms with van der Waals surface area (Å²) < 4.78 is 41.7. The lowest BCUT2D eigenvalue weighted by Gasteiger charge is -2.36. The summed E-state index contributed by atoms with van der Waals surface area (Å²) in [6.45, 7) is 11.4. The molecule has 0 spiro atoms. The maximum atomic E-state index is 13.6. The van der Waals surface area contributed by atoms with E-state index < -0.39 is 15.8 Å². The number of hydrogen-bond acceptors (Lipinski definition) is 6. The van der Waals surface area contributed by atoms with E-state index in [1.807, 2.05) is 20.8 Å². The van der Waals surface area contributed by atoms with Crippen LogP contribution in [-0.4, -0.2) is 56.1 Å². The van der Waals surface area contributed by atoms with Gasteiger partial charge in [0.1, 0.15) is 10.5 Å². The first-order chi connectivity index (χ1) is 12.3. The van der Waals surface area contributed by atoms with Crippen molar-refractivity contribution in [2.24, 2.45) is 0 Å². The van der Waals surface area contributed by atoms with Crippen LogP contribution >= 0.6 is 0 Å². The predicted octanol–water partition coefficient (Wildman–Crippen LogP) is 2.60. The summed E-state index contributed by atoms with van der Waals surface area (Å²) in [6.07, 6.45) is -0.344. The fourth-order valence-electron chi connectivity index (χ4n) is 3.04. The number of anilines is 1. The van der Waals surface area contributed by atoms with Gasteiger partial charge in [-0.2, -0.15) is 8.42 Å². The third-order valence-electron chi connectivity index (χ3n) is 4.65. The first-order valence-electron chi connectivity index (χ1n) is 8.83. The number of piperazine rings is 1. The lowest BCUT2D eigenvalue weighted by molar-refractivity contribution is 0.0139. The number of ether oxygens (including phenoxy) is 1. The van der Waals surface area contributed by atoms with E-state index in [2.05, 4.69) is 4.90 Å². The van der Waals surface area contributed by atoms with Crippen molar-refractivity contribution in [3.63, 3.8) is 0 Å². The number of rotatable bonds is 3. The molecule has 0 unspecified atom stereocenters. The Morgan fingerprint density at radius 3 is 2.22 bits per heavy atom. The number of amides is 1. The summed E-state index contributed by atoms with van der Waals surface area (Å²) in [4.78, 5) is 15.5. The number of nitrogens with two attached hydrogens (primary N) is 1. The summed E-state index contributed by atoms with van der Waals surface area (Å²) >= 11 is 0. The Bertz CT molecular complexity index is 826. The molecular formula is C18H28FN3O4S. The highest BCUT2D eigenvalue weighted by Gasteiger charge is 2.27. The summed E-state index contributed by atoms with van der Waals surface area (Å²) in [5.41, 5.74) is 7.37. The number of nitrogen functional groups attached to an aromatic ring is 1. The first-order valence-corrected chi connectivity index (χ1v) is 10.2. The summed E-state index contributed by atoms with van der Waals surface area (Å²) in [5, 5.41) is 0. The van der Waals surface area contributed by atoms with Gasteiger partial charge in [-0.05, 0) is 57.4 Å². The van der Waals surface area contributed by atoms with Crippen LogP contribution in [0.5, 0.6) is 0 Å². The van der Waals surface area contributed by atoms with E-state index in [0.29, 0.717) is 38.3 Å². The van der Waals surface area contributed by atoms with Crippen LogP contribution in [0.2, 0.25) is 0 Å². The molecule has 1 aliphatic rings. The fraction of sp³-hybridized carbons (Fsp3) is 0.611. The van der Waals surface area contributed by atoms with Crippen LogP contribution in [0.1, 0.15) is 37.5 Å². The van der Waals surface area contributed by atoms with Gasteiger partial charge in [-0.1, -0.05) is 0 Å². The van der Waals surface area contributed by atoms with E-state index in [0.717, 1.165) is 5.56 Å². The largest absolute Gasteiger partial charge is 0.444 e. The molecule has 27 heavy (non-hydrogen) atoms. The summed E-state index contributed by atoms with van der Waals surface area (Å²) in [6, 6.07) is 1.36. The van der Waals surface area contributed by atoms with Gasteiger partial charge in [-0.15, -0.1) is 3.89 Å². The predicted molar refractivity (Wildman–Crippen MR) is 102 cm³/mol. The normalized spacial score (nSPS) is 16.4. The van der Waals surface area contributed by atoms with Gasteiger partial charge >= 0.3 is 16.3 Å². The number of carbonyl (C=O) groups excluding carboxylic acids is 1. The Balaban J connectivity index is 2.10. The quantitative estimate of drug-likeness (QED) is 0.618. The zero-order valence-electron chi connectivity index (χ0n) is 16.5. The Kier molecular flexibility index (Phi) is 6.06. The van der Waals surface area contributed by atoms with Crippen LogP contribution in [-0.2, 0) is 21.5 Å². The zero-order chi connectivity index (χ0) is 20.6. The second kappa shape index (κ2) is 7.63. The minimum absolute atomic E-state index is 0.230. The van der Waals surface area contributed by atoms with Gasteiger partial charge in [-0.25, -0.2) is 4.79 Å². The first kappa shape index (κ1) is 21.4. The van der Waals surface area contributed by atoms with Gasteiger partial charge in [-0.3, -0.25) is 4.90 Å². The van der Waals surface area contributed by atoms with Crippen molar-refractivity contribution >= 4 is 22.0 Å². The monoisotopic (exact) mass is 401 g/mol. The van der Waals surface area contributed by atoms with Gasteiger partial charge < -0.3 is 15.4 Å². The molecule has 1 fully saturated rings. The third kappa shape index (κ3) is 5.32. The number of benzene rings is 1. The van der Waals surface area contributed by atoms with E-state index in [-0.39, 0.29) is 22.2 Å². The highest BCUT2D eigenvalue weighted by Crippen LogP contribution is 2.30. The Morgan fingerprint density at radius 2 is 1.74 bits per heavy atom. The van der Waals surface area contributed by atoms with Crippen molar-refractivity contribution in [3.8, 4) is 0 Å². The molecule has 1 aliphatic heterocycles. The molecule has 2 N–H and O–H groups in total. The maximum absolute atomic E-state index is 13.6. The zero-order valence-corrected chi connectivity index (χ0v) is 17.3. The van der Waals surface area contributed by atoms with Crippen molar-refractivity contribution in [2.75, 3.05) is 31.9 Å². The average molecular weight is 402 g/mol. The lowest BCUT2D eigenvalue weighted by atomic mass is 10.0. The molecule has 0 aromatic heterocycles. The number of halogens is 1. The number of hydrogen-bond donors (Lipinski definition) is 1. The molecule has 2 rings (SSSR count). The molecule has 7 nitrogen and oxygen atoms in total. The average Bonchev–Trinajstić information content (AvgIpc) is 2.53. The van der Waals surface area contributed by atoms with Gasteiger partial charge in [0.05, 0.1) is 0 Å². The van der Waals surface area contributed by atoms with E-state index in [1.165, 1.54) is 13.0 Å². The van der Waals surface area contributed by atoms with Crippen molar-refractivity contribution in [1.29, 1.82) is 0 Å². The standard InChI is InChI=1S/C18H28FN3O4S/c1-12-14(10-15(27(19,24)25)13(2)16(12)20)11-21-6-8-22(9-7-21)17(23)26-18(3,4)5/h10H,6-9,11,20H2,1-5H3. The molecule has 0 radical (unpaired) electrons. The minimum atomic E-state index is -4.84. The molecule has 1 aromatic rings. The molecule has 1 amide bonds. The Labute approximate surface area is 160 Å². The van der Waals surface area contributed by atoms with Crippen molar-refractivity contribution in [3.05, 3.63) is 22.8 Å². The summed E-state index contributed by atoms with van der Waals surface area (Å²) in [5.74, 6) is 0. The van der Waals surface area contributed by atoms with Crippen LogP contribution < -0.4 is 5.73 Å². The minimum Gasteiger partial charge on any atom is -0.444 e. The SMILES string of the molecule is Cc1c(CN2CCN(C(=O)OC(C)(C)C)CC2)cc(S(=O)(=O)F)c(C)c1N. The van der Waals surface area contributed by atoms with E-state index in [4.69, 9.17) is 10.5 Å². The van der Waals surface area contributed by atoms with Crippen LogP contribution in [0.15, 0.2) is 11.0 Å². The molecule has 1 saturated heterocycles. The van der Waals surface area contributed by atoms with Crippen LogP contribution in [0.4, 0.5) is 14.4 Å². The molecule has 0 atom stereocenters. The fourth-order valence-corrected chi connectivity index (χ4v) is 3.79. The lowest BCUT2D eigenvalue weighted by Crippen LogP contribution is -2.49. The molecule has 1 heterocycles. The van der Waals surface area contributed by atoms with Crippen molar-refractivity contribution in [2.45, 2.75) is 51.7 Å². The third-order valence-corrected chi connectivity index (χ3v) is 5.59. The van der Waals surface area contributed by atoms with E-state index in [1.54, 1.807) is 11.8 Å². The van der Waals surface area contributed by atoms with E-state index >= 15 is 0 Å². The highest BCUT2D eigenvalue weighted by molar-refractivity contribution is 7.86. The van der Waals surface area contributed by atoms with Crippen molar-refractivity contribution in [1.82, 2.24) is 9.80 Å².